The number of aliphatic carboxylic acids is 3. The summed E-state index contributed by atoms with van der Waals surface area (Å²) in [6, 6.07) is -5.43. The van der Waals surface area contributed by atoms with Crippen LogP contribution in [0.2, 0.25) is 0 Å². The average Bonchev–Trinajstić information content (AvgIpc) is 2.67. The predicted molar refractivity (Wildman–Crippen MR) is 114 cm³/mol. The van der Waals surface area contributed by atoms with E-state index < -0.39 is 66.2 Å². The summed E-state index contributed by atoms with van der Waals surface area (Å²) in [7, 11) is 0. The molecule has 0 aliphatic rings. The minimum atomic E-state index is -1.62. The Labute approximate surface area is 189 Å². The zero-order chi connectivity index (χ0) is 25.0. The third kappa shape index (κ3) is 11.5. The van der Waals surface area contributed by atoms with E-state index >= 15 is 0 Å². The van der Waals surface area contributed by atoms with Gasteiger partial charge in [-0.25, -0.2) is 4.79 Å². The van der Waals surface area contributed by atoms with Crippen molar-refractivity contribution in [3.05, 3.63) is 0 Å². The Hall–Kier alpha value is -2.87. The van der Waals surface area contributed by atoms with Crippen molar-refractivity contribution in [2.24, 2.45) is 11.7 Å². The minimum Gasteiger partial charge on any atom is -0.481 e. The van der Waals surface area contributed by atoms with Gasteiger partial charge in [0.2, 0.25) is 17.7 Å². The van der Waals surface area contributed by atoms with Gasteiger partial charge in [0.15, 0.2) is 0 Å². The third-order valence-electron chi connectivity index (χ3n) is 4.15. The summed E-state index contributed by atoms with van der Waals surface area (Å²) < 4.78 is 0. The summed E-state index contributed by atoms with van der Waals surface area (Å²) in [5.41, 5.74) is 5.58. The zero-order valence-electron chi connectivity index (χ0n) is 17.7. The van der Waals surface area contributed by atoms with Gasteiger partial charge in [-0.1, -0.05) is 13.8 Å². The summed E-state index contributed by atoms with van der Waals surface area (Å²) in [5.74, 6) is -7.02. The number of nitrogens with one attached hydrogen (secondary N) is 3. The normalized spacial score (nSPS) is 14.5. The molecule has 0 aliphatic carbocycles. The first-order valence-electron chi connectivity index (χ1n) is 9.72. The molecule has 14 heteroatoms. The number of nitrogens with two attached hydrogens (primary N) is 1. The fourth-order valence-corrected chi connectivity index (χ4v) is 2.76. The van der Waals surface area contributed by atoms with Crippen molar-refractivity contribution < 1.29 is 44.1 Å². The molecule has 0 saturated carbocycles. The van der Waals surface area contributed by atoms with Gasteiger partial charge in [-0.2, -0.15) is 12.6 Å². The molecule has 3 amide bonds. The van der Waals surface area contributed by atoms with Gasteiger partial charge < -0.3 is 37.0 Å². The second kappa shape index (κ2) is 14.2. The number of amides is 3. The fourth-order valence-electron chi connectivity index (χ4n) is 2.50. The van der Waals surface area contributed by atoms with Crippen LogP contribution in [0.5, 0.6) is 0 Å². The van der Waals surface area contributed by atoms with Gasteiger partial charge in [-0.05, 0) is 18.8 Å². The van der Waals surface area contributed by atoms with Crippen LogP contribution in [0.15, 0.2) is 0 Å². The maximum Gasteiger partial charge on any atom is 0.326 e. The number of hydrogen-bond donors (Lipinski definition) is 8. The van der Waals surface area contributed by atoms with E-state index in [0.717, 1.165) is 0 Å². The number of thiol groups is 1. The maximum atomic E-state index is 12.5. The molecule has 0 fully saturated rings. The summed E-state index contributed by atoms with van der Waals surface area (Å²) >= 11 is 3.94. The van der Waals surface area contributed by atoms with Crippen molar-refractivity contribution in [3.8, 4) is 0 Å². The Morgan fingerprint density at radius 1 is 0.812 bits per heavy atom. The van der Waals surface area contributed by atoms with Crippen molar-refractivity contribution >= 4 is 48.3 Å². The van der Waals surface area contributed by atoms with Crippen molar-refractivity contribution in [2.45, 2.75) is 63.7 Å². The number of rotatable bonds is 15. The van der Waals surface area contributed by atoms with Gasteiger partial charge in [-0.15, -0.1) is 0 Å². The van der Waals surface area contributed by atoms with Crippen molar-refractivity contribution in [1.82, 2.24) is 16.0 Å². The Morgan fingerprint density at radius 2 is 1.31 bits per heavy atom. The first-order chi connectivity index (χ1) is 14.8. The molecule has 4 unspecified atom stereocenters. The van der Waals surface area contributed by atoms with Gasteiger partial charge in [0, 0.05) is 12.2 Å². The van der Waals surface area contributed by atoms with Crippen LogP contribution in [0.4, 0.5) is 0 Å². The number of carbonyl (C=O) groups is 6. The van der Waals surface area contributed by atoms with E-state index in [2.05, 4.69) is 28.6 Å². The van der Waals surface area contributed by atoms with Gasteiger partial charge >= 0.3 is 17.9 Å². The molecule has 0 aromatic heterocycles. The molecule has 182 valence electrons. The van der Waals surface area contributed by atoms with Gasteiger partial charge in [0.1, 0.15) is 18.1 Å². The molecule has 0 saturated heterocycles. The predicted octanol–water partition coefficient (Wildman–Crippen LogP) is -1.83. The summed E-state index contributed by atoms with van der Waals surface area (Å²) in [6.45, 7) is 3.47. The molecule has 0 aliphatic heterocycles. The monoisotopic (exact) mass is 478 g/mol. The highest BCUT2D eigenvalue weighted by atomic mass is 32.1. The number of hydrogen-bond acceptors (Lipinski definition) is 8. The molecular weight excluding hydrogens is 448 g/mol. The molecule has 32 heavy (non-hydrogen) atoms. The van der Waals surface area contributed by atoms with Crippen LogP contribution in [-0.4, -0.2) is 80.9 Å². The number of carboxylic acid groups (broad SMARTS) is 3. The summed E-state index contributed by atoms with van der Waals surface area (Å²) in [6.07, 6.45) is -1.30. The van der Waals surface area contributed by atoms with Gasteiger partial charge in [0.25, 0.3) is 0 Å². The maximum absolute atomic E-state index is 12.5. The fraction of sp³-hybridized carbons (Fsp3) is 0.667. The third-order valence-corrected chi connectivity index (χ3v) is 4.52. The zero-order valence-corrected chi connectivity index (χ0v) is 18.6. The Morgan fingerprint density at radius 3 is 1.75 bits per heavy atom. The van der Waals surface area contributed by atoms with Crippen LogP contribution in [0, 0.1) is 5.92 Å². The van der Waals surface area contributed by atoms with Gasteiger partial charge in [-0.3, -0.25) is 24.0 Å². The van der Waals surface area contributed by atoms with Crippen LogP contribution in [-0.2, 0) is 28.8 Å². The molecular formula is C18H30N4O9S. The molecule has 0 heterocycles. The van der Waals surface area contributed by atoms with Crippen LogP contribution < -0.4 is 21.7 Å². The lowest BCUT2D eigenvalue weighted by molar-refractivity contribution is -0.144. The second-order valence-corrected chi connectivity index (χ2v) is 7.84. The molecule has 0 bridgehead atoms. The van der Waals surface area contributed by atoms with Crippen molar-refractivity contribution in [2.75, 3.05) is 5.75 Å². The second-order valence-electron chi connectivity index (χ2n) is 7.47. The van der Waals surface area contributed by atoms with Gasteiger partial charge in [0.05, 0.1) is 12.5 Å². The van der Waals surface area contributed by atoms with E-state index in [1.807, 2.05) is 0 Å². The van der Waals surface area contributed by atoms with Crippen LogP contribution >= 0.6 is 12.6 Å². The number of carboxylic acids is 3. The Bertz CT molecular complexity index is 717. The first-order valence-corrected chi connectivity index (χ1v) is 10.4. The van der Waals surface area contributed by atoms with Crippen LogP contribution in [0.25, 0.3) is 0 Å². The topological polar surface area (TPSA) is 225 Å². The minimum absolute atomic E-state index is 0.0817. The first kappa shape index (κ1) is 29.1. The lowest BCUT2D eigenvalue weighted by Crippen LogP contribution is -2.58. The molecule has 0 radical (unpaired) electrons. The quantitative estimate of drug-likeness (QED) is 0.123. The lowest BCUT2D eigenvalue weighted by atomic mass is 10.0. The van der Waals surface area contributed by atoms with Crippen LogP contribution in [0.1, 0.15) is 39.5 Å². The van der Waals surface area contributed by atoms with Crippen LogP contribution in [0.3, 0.4) is 0 Å². The summed E-state index contributed by atoms with van der Waals surface area (Å²) in [5, 5.41) is 33.6. The Balaban J connectivity index is 5.25. The molecule has 13 nitrogen and oxygen atoms in total. The highest BCUT2D eigenvalue weighted by Crippen LogP contribution is 2.06. The molecule has 0 aromatic rings. The standard InChI is InChI=1S/C18H30N4O9S/c1-8(2)5-11(18(30)31)21-16(28)10(6-14(25)26)20-17(29)12(7-32)22-15(27)9(19)3-4-13(23)24/h8-12,32H,3-7,19H2,1-2H3,(H,20,29)(H,21,28)(H,22,27)(H,23,24)(H,25,26)(H,30,31). The van der Waals surface area contributed by atoms with Crippen molar-refractivity contribution in [3.63, 3.8) is 0 Å². The van der Waals surface area contributed by atoms with E-state index in [0.29, 0.717) is 0 Å². The summed E-state index contributed by atoms with van der Waals surface area (Å²) in [4.78, 5) is 70.1. The SMILES string of the molecule is CC(C)CC(NC(=O)C(CC(=O)O)NC(=O)C(CS)NC(=O)C(N)CCC(=O)O)C(=O)O. The molecule has 0 aromatic carbocycles. The van der Waals surface area contributed by atoms with E-state index in [-0.39, 0.29) is 30.9 Å². The van der Waals surface area contributed by atoms with E-state index in [4.69, 9.17) is 15.9 Å². The average molecular weight is 479 g/mol. The highest BCUT2D eigenvalue weighted by Gasteiger charge is 2.31. The smallest absolute Gasteiger partial charge is 0.326 e. The van der Waals surface area contributed by atoms with E-state index in [9.17, 15) is 33.9 Å². The highest BCUT2D eigenvalue weighted by molar-refractivity contribution is 7.80. The largest absolute Gasteiger partial charge is 0.481 e. The van der Waals surface area contributed by atoms with E-state index in [1.54, 1.807) is 13.8 Å². The molecule has 4 atom stereocenters. The van der Waals surface area contributed by atoms with Crippen molar-refractivity contribution in [1.29, 1.82) is 0 Å². The Kier molecular flexibility index (Phi) is 13.0. The molecule has 0 spiro atoms. The lowest BCUT2D eigenvalue weighted by Gasteiger charge is -2.24. The molecule has 0 rings (SSSR count). The van der Waals surface area contributed by atoms with E-state index in [1.165, 1.54) is 0 Å². The number of carbonyl (C=O) groups excluding carboxylic acids is 3. The molecule has 8 N–H and O–H groups in total.